The van der Waals surface area contributed by atoms with Crippen LogP contribution in [0.5, 0.6) is 0 Å². The number of aromatic amines is 1. The van der Waals surface area contributed by atoms with E-state index >= 15 is 0 Å². The third-order valence-electron chi connectivity index (χ3n) is 2.86. The maximum atomic E-state index is 11.8. The van der Waals surface area contributed by atoms with Crippen LogP contribution >= 0.6 is 23.2 Å². The van der Waals surface area contributed by atoms with Gasteiger partial charge in [-0.2, -0.15) is 0 Å². The Labute approximate surface area is 120 Å². The summed E-state index contributed by atoms with van der Waals surface area (Å²) in [7, 11) is 0. The van der Waals surface area contributed by atoms with Crippen molar-refractivity contribution in [2.75, 3.05) is 5.73 Å². The van der Waals surface area contributed by atoms with E-state index < -0.39 is 0 Å². The van der Waals surface area contributed by atoms with Crippen LogP contribution in [0.2, 0.25) is 10.0 Å². The first kappa shape index (κ1) is 13.9. The second-order valence-corrected chi connectivity index (χ2v) is 4.92. The molecule has 1 aromatic heterocycles. The summed E-state index contributed by atoms with van der Waals surface area (Å²) in [4.78, 5) is 18.7. The van der Waals surface area contributed by atoms with Gasteiger partial charge < -0.3 is 10.7 Å². The molecule has 0 atom stereocenters. The van der Waals surface area contributed by atoms with Crippen LogP contribution in [-0.2, 0) is 12.8 Å². The predicted molar refractivity (Wildman–Crippen MR) is 77.9 cm³/mol. The molecule has 100 valence electrons. The van der Waals surface area contributed by atoms with Gasteiger partial charge in [-0.05, 0) is 24.1 Å². The molecule has 3 N–H and O–H groups in total. The second-order valence-electron chi connectivity index (χ2n) is 4.11. The number of nitrogens with zero attached hydrogens (tertiary/aromatic N) is 1. The monoisotopic (exact) mass is 297 g/mol. The first-order valence-electron chi connectivity index (χ1n) is 5.83. The van der Waals surface area contributed by atoms with E-state index in [0.29, 0.717) is 34.3 Å². The third kappa shape index (κ3) is 2.91. The predicted octanol–water partition coefficient (Wildman–Crippen LogP) is 2.81. The van der Waals surface area contributed by atoms with Crippen LogP contribution in [0.3, 0.4) is 0 Å². The number of nitrogens with two attached hydrogens (primary N) is 1. The summed E-state index contributed by atoms with van der Waals surface area (Å²) in [5, 5.41) is 1.07. The Hall–Kier alpha value is -1.52. The highest BCUT2D eigenvalue weighted by Gasteiger charge is 2.11. The lowest BCUT2D eigenvalue weighted by molar-refractivity contribution is 0.916. The normalized spacial score (nSPS) is 10.7. The summed E-state index contributed by atoms with van der Waals surface area (Å²) in [6.45, 7) is 1.85. The molecular weight excluding hydrogens is 285 g/mol. The van der Waals surface area contributed by atoms with Crippen LogP contribution in [0.15, 0.2) is 23.0 Å². The van der Waals surface area contributed by atoms with Crippen LogP contribution in [0.25, 0.3) is 0 Å². The van der Waals surface area contributed by atoms with Crippen LogP contribution in [-0.4, -0.2) is 9.97 Å². The molecule has 0 saturated carbocycles. The average Bonchev–Trinajstić information content (AvgIpc) is 2.34. The zero-order chi connectivity index (χ0) is 14.0. The quantitative estimate of drug-likeness (QED) is 0.915. The van der Waals surface area contributed by atoms with Gasteiger partial charge in [0.05, 0.1) is 5.56 Å². The molecule has 0 aliphatic heterocycles. The lowest BCUT2D eigenvalue weighted by atomic mass is 10.1. The summed E-state index contributed by atoms with van der Waals surface area (Å²) >= 11 is 12.2. The lowest BCUT2D eigenvalue weighted by Crippen LogP contribution is -2.19. The number of hydrogen-bond donors (Lipinski definition) is 2. The largest absolute Gasteiger partial charge is 0.383 e. The van der Waals surface area contributed by atoms with Gasteiger partial charge in [0.2, 0.25) is 0 Å². The van der Waals surface area contributed by atoms with Crippen molar-refractivity contribution in [3.8, 4) is 0 Å². The van der Waals surface area contributed by atoms with Crippen LogP contribution in [0.1, 0.15) is 23.9 Å². The zero-order valence-corrected chi connectivity index (χ0v) is 11.8. The van der Waals surface area contributed by atoms with E-state index in [4.69, 9.17) is 28.9 Å². The van der Waals surface area contributed by atoms with Gasteiger partial charge in [0.1, 0.15) is 11.6 Å². The smallest absolute Gasteiger partial charge is 0.256 e. The first-order valence-corrected chi connectivity index (χ1v) is 6.59. The Bertz CT molecular complexity index is 647. The number of rotatable bonds is 3. The van der Waals surface area contributed by atoms with Crippen molar-refractivity contribution < 1.29 is 0 Å². The minimum Gasteiger partial charge on any atom is -0.383 e. The molecule has 19 heavy (non-hydrogen) atoms. The van der Waals surface area contributed by atoms with Crippen molar-refractivity contribution in [2.24, 2.45) is 0 Å². The highest BCUT2D eigenvalue weighted by atomic mass is 35.5. The standard InChI is InChI=1S/C13H13Cl2N3O/c1-2-7-12(16)17-11(18-13(7)19)6-8-9(14)4-3-5-10(8)15/h3-5H,2,6H2,1H3,(H3,16,17,18,19). The van der Waals surface area contributed by atoms with E-state index in [2.05, 4.69) is 9.97 Å². The van der Waals surface area contributed by atoms with Crippen molar-refractivity contribution in [2.45, 2.75) is 19.8 Å². The van der Waals surface area contributed by atoms with Crippen LogP contribution in [0.4, 0.5) is 5.82 Å². The number of nitrogens with one attached hydrogen (secondary N) is 1. The molecule has 1 aromatic carbocycles. The summed E-state index contributed by atoms with van der Waals surface area (Å²) in [5.74, 6) is 0.708. The fraction of sp³-hybridized carbons (Fsp3) is 0.231. The van der Waals surface area contributed by atoms with Crippen molar-refractivity contribution in [3.05, 3.63) is 55.5 Å². The fourth-order valence-corrected chi connectivity index (χ4v) is 2.39. The van der Waals surface area contributed by atoms with Crippen molar-refractivity contribution >= 4 is 29.0 Å². The average molecular weight is 298 g/mol. The number of H-pyrrole nitrogens is 1. The topological polar surface area (TPSA) is 71.8 Å². The van der Waals surface area contributed by atoms with Crippen LogP contribution in [0, 0.1) is 0 Å². The van der Waals surface area contributed by atoms with Gasteiger partial charge >= 0.3 is 0 Å². The molecule has 0 unspecified atom stereocenters. The number of hydrogen-bond acceptors (Lipinski definition) is 3. The van der Waals surface area contributed by atoms with Gasteiger partial charge in [0, 0.05) is 16.5 Å². The number of halogens is 2. The Balaban J connectivity index is 2.42. The molecule has 0 fully saturated rings. The van der Waals surface area contributed by atoms with E-state index in [-0.39, 0.29) is 11.4 Å². The first-order chi connectivity index (χ1) is 9.02. The zero-order valence-electron chi connectivity index (χ0n) is 10.3. The number of benzene rings is 1. The molecule has 6 heteroatoms. The molecule has 0 saturated heterocycles. The SMILES string of the molecule is CCc1c(N)nc(Cc2c(Cl)cccc2Cl)[nH]c1=O. The molecule has 0 aliphatic rings. The van der Waals surface area contributed by atoms with Crippen molar-refractivity contribution in [3.63, 3.8) is 0 Å². The molecule has 2 rings (SSSR count). The summed E-state index contributed by atoms with van der Waals surface area (Å²) in [5.41, 5.74) is 6.77. The van der Waals surface area contributed by atoms with Gasteiger partial charge in [-0.25, -0.2) is 4.98 Å². The highest BCUT2D eigenvalue weighted by Crippen LogP contribution is 2.25. The molecule has 0 radical (unpaired) electrons. The number of nitrogen functional groups attached to an aromatic ring is 1. The van der Waals surface area contributed by atoms with E-state index in [9.17, 15) is 4.79 Å². The van der Waals surface area contributed by atoms with Gasteiger partial charge in [0.15, 0.2) is 0 Å². The highest BCUT2D eigenvalue weighted by molar-refractivity contribution is 6.36. The molecule has 4 nitrogen and oxygen atoms in total. The van der Waals surface area contributed by atoms with Crippen molar-refractivity contribution in [1.82, 2.24) is 9.97 Å². The molecule has 0 bridgehead atoms. The molecule has 1 heterocycles. The Morgan fingerprint density at radius 2 is 1.89 bits per heavy atom. The minimum absolute atomic E-state index is 0.215. The fourth-order valence-electron chi connectivity index (χ4n) is 1.86. The van der Waals surface area contributed by atoms with Gasteiger partial charge in [0.25, 0.3) is 5.56 Å². The van der Waals surface area contributed by atoms with Gasteiger partial charge in [-0.1, -0.05) is 36.2 Å². The van der Waals surface area contributed by atoms with Crippen LogP contribution < -0.4 is 11.3 Å². The Morgan fingerprint density at radius 3 is 2.42 bits per heavy atom. The van der Waals surface area contributed by atoms with E-state index in [1.165, 1.54) is 0 Å². The number of anilines is 1. The van der Waals surface area contributed by atoms with Crippen molar-refractivity contribution in [1.29, 1.82) is 0 Å². The molecule has 0 aliphatic carbocycles. The summed E-state index contributed by atoms with van der Waals surface area (Å²) < 4.78 is 0. The van der Waals surface area contributed by atoms with Gasteiger partial charge in [-0.3, -0.25) is 4.79 Å². The summed E-state index contributed by atoms with van der Waals surface area (Å²) in [6.07, 6.45) is 0.878. The molecule has 0 spiro atoms. The number of aromatic nitrogens is 2. The van der Waals surface area contributed by atoms with E-state index in [1.807, 2.05) is 6.92 Å². The molecule has 0 amide bonds. The Kier molecular flexibility index (Phi) is 4.12. The van der Waals surface area contributed by atoms with Gasteiger partial charge in [-0.15, -0.1) is 0 Å². The second kappa shape index (κ2) is 5.63. The lowest BCUT2D eigenvalue weighted by Gasteiger charge is -2.08. The van der Waals surface area contributed by atoms with E-state index in [1.54, 1.807) is 18.2 Å². The summed E-state index contributed by atoms with van der Waals surface area (Å²) in [6, 6.07) is 5.24. The maximum absolute atomic E-state index is 11.8. The van der Waals surface area contributed by atoms with E-state index in [0.717, 1.165) is 5.56 Å². The minimum atomic E-state index is -0.215. The molecular formula is C13H13Cl2N3O. The third-order valence-corrected chi connectivity index (χ3v) is 3.56. The Morgan fingerprint density at radius 1 is 1.26 bits per heavy atom. The molecule has 2 aromatic rings. The maximum Gasteiger partial charge on any atom is 0.256 e.